The Bertz CT molecular complexity index is 592. The standard InChI is InChI=1S/C13H11ClFN3O/c1-2-18(10-3-5-16-6-4-10)13(19)11-7-9(15)8-17-12(11)14/h3-8H,2H2,1H3. The lowest BCUT2D eigenvalue weighted by Crippen LogP contribution is -2.31. The molecule has 0 saturated carbocycles. The van der Waals surface area contributed by atoms with Crippen LogP contribution in [0.25, 0.3) is 0 Å². The molecular formula is C13H11ClFN3O. The number of carbonyl (C=O) groups is 1. The second-order valence-electron chi connectivity index (χ2n) is 3.75. The molecule has 98 valence electrons. The number of amides is 1. The number of halogens is 2. The molecule has 0 aromatic carbocycles. The Morgan fingerprint density at radius 1 is 1.42 bits per heavy atom. The highest BCUT2D eigenvalue weighted by Gasteiger charge is 2.20. The van der Waals surface area contributed by atoms with Gasteiger partial charge in [0.15, 0.2) is 0 Å². The van der Waals surface area contributed by atoms with E-state index in [1.165, 1.54) is 4.90 Å². The van der Waals surface area contributed by atoms with Crippen LogP contribution in [0.4, 0.5) is 10.1 Å². The molecule has 4 nitrogen and oxygen atoms in total. The van der Waals surface area contributed by atoms with Crippen molar-refractivity contribution in [3.63, 3.8) is 0 Å². The number of rotatable bonds is 3. The van der Waals surface area contributed by atoms with Gasteiger partial charge < -0.3 is 4.90 Å². The second-order valence-corrected chi connectivity index (χ2v) is 4.10. The Labute approximate surface area is 114 Å². The summed E-state index contributed by atoms with van der Waals surface area (Å²) in [6.07, 6.45) is 4.13. The molecule has 0 bridgehead atoms. The Balaban J connectivity index is 2.39. The highest BCUT2D eigenvalue weighted by Crippen LogP contribution is 2.20. The molecule has 0 N–H and O–H groups in total. The highest BCUT2D eigenvalue weighted by molar-refractivity contribution is 6.33. The van der Waals surface area contributed by atoms with E-state index in [0.717, 1.165) is 12.3 Å². The van der Waals surface area contributed by atoms with E-state index in [-0.39, 0.29) is 10.7 Å². The fourth-order valence-electron chi connectivity index (χ4n) is 1.69. The van der Waals surface area contributed by atoms with Gasteiger partial charge >= 0.3 is 0 Å². The van der Waals surface area contributed by atoms with Crippen LogP contribution in [0.15, 0.2) is 36.8 Å². The van der Waals surface area contributed by atoms with Crippen molar-refractivity contribution in [2.24, 2.45) is 0 Å². The number of hydrogen-bond acceptors (Lipinski definition) is 3. The van der Waals surface area contributed by atoms with Gasteiger partial charge in [-0.05, 0) is 25.1 Å². The number of carbonyl (C=O) groups excluding carboxylic acids is 1. The SMILES string of the molecule is CCN(C(=O)c1cc(F)cnc1Cl)c1ccncc1. The van der Waals surface area contributed by atoms with Crippen LogP contribution in [-0.4, -0.2) is 22.4 Å². The maximum absolute atomic E-state index is 13.2. The van der Waals surface area contributed by atoms with Crippen molar-refractivity contribution in [3.8, 4) is 0 Å². The van der Waals surface area contributed by atoms with Gasteiger partial charge in [-0.3, -0.25) is 9.78 Å². The van der Waals surface area contributed by atoms with Gasteiger partial charge in [-0.1, -0.05) is 11.6 Å². The molecule has 0 spiro atoms. The minimum absolute atomic E-state index is 0.0149. The van der Waals surface area contributed by atoms with E-state index < -0.39 is 11.7 Å². The highest BCUT2D eigenvalue weighted by atomic mass is 35.5. The third-order valence-corrected chi connectivity index (χ3v) is 2.87. The van der Waals surface area contributed by atoms with Gasteiger partial charge in [-0.2, -0.15) is 0 Å². The lowest BCUT2D eigenvalue weighted by molar-refractivity contribution is 0.0987. The van der Waals surface area contributed by atoms with Crippen molar-refractivity contribution < 1.29 is 9.18 Å². The molecule has 0 saturated heterocycles. The number of aromatic nitrogens is 2. The molecule has 0 radical (unpaired) electrons. The summed E-state index contributed by atoms with van der Waals surface area (Å²) in [5.74, 6) is -0.996. The summed E-state index contributed by atoms with van der Waals surface area (Å²) in [5.41, 5.74) is 0.711. The van der Waals surface area contributed by atoms with Crippen LogP contribution < -0.4 is 4.90 Å². The number of anilines is 1. The third-order valence-electron chi connectivity index (χ3n) is 2.57. The molecule has 0 aliphatic carbocycles. The van der Waals surface area contributed by atoms with E-state index in [0.29, 0.717) is 12.2 Å². The summed E-state index contributed by atoms with van der Waals surface area (Å²) < 4.78 is 13.2. The number of hydrogen-bond donors (Lipinski definition) is 0. The Morgan fingerprint density at radius 2 is 2.11 bits per heavy atom. The molecule has 19 heavy (non-hydrogen) atoms. The van der Waals surface area contributed by atoms with Gasteiger partial charge in [0, 0.05) is 24.6 Å². The van der Waals surface area contributed by atoms with E-state index in [9.17, 15) is 9.18 Å². The van der Waals surface area contributed by atoms with Gasteiger partial charge in [0.25, 0.3) is 5.91 Å². The number of nitrogens with zero attached hydrogens (tertiary/aromatic N) is 3. The lowest BCUT2D eigenvalue weighted by atomic mass is 10.2. The minimum Gasteiger partial charge on any atom is -0.308 e. The van der Waals surface area contributed by atoms with Crippen molar-refractivity contribution in [2.45, 2.75) is 6.92 Å². The quantitative estimate of drug-likeness (QED) is 0.812. The van der Waals surface area contributed by atoms with Crippen molar-refractivity contribution in [3.05, 3.63) is 53.3 Å². The molecular weight excluding hydrogens is 269 g/mol. The first-order valence-electron chi connectivity index (χ1n) is 5.66. The van der Waals surface area contributed by atoms with Gasteiger partial charge in [0.05, 0.1) is 11.8 Å². The maximum Gasteiger partial charge on any atom is 0.261 e. The van der Waals surface area contributed by atoms with Crippen molar-refractivity contribution >= 4 is 23.2 Å². The van der Waals surface area contributed by atoms with Crippen LogP contribution in [0.5, 0.6) is 0 Å². The molecule has 0 atom stereocenters. The summed E-state index contributed by atoms with van der Waals surface area (Å²) in [7, 11) is 0. The monoisotopic (exact) mass is 279 g/mol. The van der Waals surface area contributed by atoms with Crippen molar-refractivity contribution in [1.82, 2.24) is 9.97 Å². The molecule has 0 aliphatic heterocycles. The Morgan fingerprint density at radius 3 is 2.74 bits per heavy atom. The van der Waals surface area contributed by atoms with Gasteiger partial charge in [-0.25, -0.2) is 9.37 Å². The third kappa shape index (κ3) is 2.88. The van der Waals surface area contributed by atoms with Crippen molar-refractivity contribution in [2.75, 3.05) is 11.4 Å². The zero-order chi connectivity index (χ0) is 13.8. The van der Waals surface area contributed by atoms with Crippen LogP contribution in [0.3, 0.4) is 0 Å². The summed E-state index contributed by atoms with van der Waals surface area (Å²) >= 11 is 5.84. The topological polar surface area (TPSA) is 46.1 Å². The fraction of sp³-hybridized carbons (Fsp3) is 0.154. The fourth-order valence-corrected chi connectivity index (χ4v) is 1.87. The minimum atomic E-state index is -0.599. The first-order chi connectivity index (χ1) is 9.13. The van der Waals surface area contributed by atoms with Gasteiger partial charge in [0.2, 0.25) is 0 Å². The van der Waals surface area contributed by atoms with Crippen LogP contribution in [0, 0.1) is 5.82 Å². The molecule has 2 heterocycles. The zero-order valence-corrected chi connectivity index (χ0v) is 10.9. The normalized spacial score (nSPS) is 10.3. The van der Waals surface area contributed by atoms with Crippen LogP contribution >= 0.6 is 11.6 Å². The first kappa shape index (κ1) is 13.4. The molecule has 2 aromatic heterocycles. The molecule has 0 unspecified atom stereocenters. The predicted molar refractivity (Wildman–Crippen MR) is 70.8 cm³/mol. The maximum atomic E-state index is 13.2. The predicted octanol–water partition coefficient (Wildman–Crippen LogP) is 2.94. The zero-order valence-electron chi connectivity index (χ0n) is 10.2. The number of pyridine rings is 2. The van der Waals surface area contributed by atoms with E-state index in [2.05, 4.69) is 9.97 Å². The van der Waals surface area contributed by atoms with Crippen LogP contribution in [0.2, 0.25) is 5.15 Å². The lowest BCUT2D eigenvalue weighted by Gasteiger charge is -2.21. The Hall–Kier alpha value is -2.01. The summed E-state index contributed by atoms with van der Waals surface area (Å²) in [5, 5.41) is -0.0149. The summed E-state index contributed by atoms with van der Waals surface area (Å²) in [6.45, 7) is 2.24. The van der Waals surface area contributed by atoms with Crippen molar-refractivity contribution in [1.29, 1.82) is 0 Å². The molecule has 2 aromatic rings. The average molecular weight is 280 g/mol. The second kappa shape index (κ2) is 5.75. The molecule has 2 rings (SSSR count). The molecule has 1 amide bonds. The van der Waals surface area contributed by atoms with Crippen LogP contribution in [0.1, 0.15) is 17.3 Å². The van der Waals surface area contributed by atoms with E-state index >= 15 is 0 Å². The molecule has 0 aliphatic rings. The van der Waals surface area contributed by atoms with Gasteiger partial charge in [-0.15, -0.1) is 0 Å². The Kier molecular flexibility index (Phi) is 4.06. The summed E-state index contributed by atoms with van der Waals surface area (Å²) in [6, 6.07) is 4.48. The summed E-state index contributed by atoms with van der Waals surface area (Å²) in [4.78, 5) is 21.4. The van der Waals surface area contributed by atoms with Crippen LogP contribution in [-0.2, 0) is 0 Å². The average Bonchev–Trinajstić information content (AvgIpc) is 2.43. The van der Waals surface area contributed by atoms with E-state index in [4.69, 9.17) is 11.6 Å². The van der Waals surface area contributed by atoms with Gasteiger partial charge in [0.1, 0.15) is 11.0 Å². The smallest absolute Gasteiger partial charge is 0.261 e. The van der Waals surface area contributed by atoms with E-state index in [1.807, 2.05) is 6.92 Å². The molecule has 6 heteroatoms. The van der Waals surface area contributed by atoms with E-state index in [1.54, 1.807) is 24.5 Å². The first-order valence-corrected chi connectivity index (χ1v) is 6.04. The molecule has 0 fully saturated rings. The largest absolute Gasteiger partial charge is 0.308 e.